The van der Waals surface area contributed by atoms with E-state index in [1.54, 1.807) is 6.07 Å². The maximum Gasteiger partial charge on any atom is 0.338 e. The number of aromatic carboxylic acids is 1. The molecule has 2 rings (SSSR count). The molecule has 0 saturated heterocycles. The van der Waals surface area contributed by atoms with E-state index in [1.807, 2.05) is 0 Å². The highest BCUT2D eigenvalue weighted by Crippen LogP contribution is 2.23. The van der Waals surface area contributed by atoms with Crippen LogP contribution in [0.1, 0.15) is 15.9 Å². The summed E-state index contributed by atoms with van der Waals surface area (Å²) in [5.41, 5.74) is 0.559. The molecule has 0 radical (unpaired) electrons. The Morgan fingerprint density at radius 2 is 2.25 bits per heavy atom. The molecule has 0 spiro atoms. The van der Waals surface area contributed by atoms with E-state index in [0.29, 0.717) is 11.3 Å². The molecule has 2 aromatic rings. The second kappa shape index (κ2) is 5.39. The molecule has 0 bridgehead atoms. The number of carboxylic acid groups (broad SMARTS) is 1. The molecule has 20 heavy (non-hydrogen) atoms. The lowest BCUT2D eigenvalue weighted by atomic mass is 10.2. The lowest BCUT2D eigenvalue weighted by molar-refractivity contribution is -0.385. The van der Waals surface area contributed by atoms with Gasteiger partial charge in [-0.25, -0.2) is 4.79 Å². The summed E-state index contributed by atoms with van der Waals surface area (Å²) in [4.78, 5) is 21.0. The summed E-state index contributed by atoms with van der Waals surface area (Å²) in [6.45, 7) is 0.214. The van der Waals surface area contributed by atoms with Gasteiger partial charge in [-0.3, -0.25) is 14.8 Å². The van der Waals surface area contributed by atoms with Crippen molar-refractivity contribution in [3.8, 4) is 5.75 Å². The first-order chi connectivity index (χ1) is 9.49. The van der Waals surface area contributed by atoms with Crippen LogP contribution in [0, 0.1) is 10.1 Å². The van der Waals surface area contributed by atoms with Crippen LogP contribution in [-0.4, -0.2) is 32.9 Å². The average Bonchev–Trinajstić information content (AvgIpc) is 2.87. The molecule has 1 N–H and O–H groups in total. The van der Waals surface area contributed by atoms with Crippen molar-refractivity contribution in [2.75, 3.05) is 7.11 Å². The van der Waals surface area contributed by atoms with Crippen molar-refractivity contribution in [1.29, 1.82) is 0 Å². The van der Waals surface area contributed by atoms with E-state index in [4.69, 9.17) is 9.84 Å². The minimum Gasteiger partial charge on any atom is -0.496 e. The van der Waals surface area contributed by atoms with Crippen molar-refractivity contribution in [3.05, 3.63) is 51.8 Å². The van der Waals surface area contributed by atoms with Gasteiger partial charge in [-0.1, -0.05) is 0 Å². The van der Waals surface area contributed by atoms with Gasteiger partial charge in [-0.2, -0.15) is 5.10 Å². The molecule has 0 fully saturated rings. The van der Waals surface area contributed by atoms with Crippen LogP contribution >= 0.6 is 0 Å². The number of methoxy groups -OCH3 is 1. The number of non-ortho nitro benzene ring substituents is 1. The van der Waals surface area contributed by atoms with E-state index >= 15 is 0 Å². The third-order valence-electron chi connectivity index (χ3n) is 2.62. The number of benzene rings is 1. The van der Waals surface area contributed by atoms with Crippen LogP contribution in [0.25, 0.3) is 0 Å². The third kappa shape index (κ3) is 2.91. The minimum absolute atomic E-state index is 0.0578. The second-order valence-electron chi connectivity index (χ2n) is 4.03. The summed E-state index contributed by atoms with van der Waals surface area (Å²) < 4.78 is 6.39. The van der Waals surface area contributed by atoms with Crippen molar-refractivity contribution in [2.45, 2.75) is 6.54 Å². The van der Waals surface area contributed by atoms with E-state index < -0.39 is 10.9 Å². The molecule has 1 aromatic carbocycles. The molecule has 0 aliphatic heterocycles. The Labute approximate surface area is 113 Å². The number of nitrogens with zero attached hydrogens (tertiary/aromatic N) is 3. The standard InChI is InChI=1S/C12H11N3O5/c1-20-11-3-8(2-10(4-11)15(18)19)6-14-7-9(5-13-14)12(16)17/h2-5,7H,6H2,1H3,(H,16,17). The molecule has 1 aromatic heterocycles. The second-order valence-corrected chi connectivity index (χ2v) is 4.03. The Bertz CT molecular complexity index is 665. The predicted molar refractivity (Wildman–Crippen MR) is 67.9 cm³/mol. The van der Waals surface area contributed by atoms with Gasteiger partial charge in [0, 0.05) is 12.3 Å². The number of aromatic nitrogens is 2. The van der Waals surface area contributed by atoms with Crippen LogP contribution in [0.3, 0.4) is 0 Å². The SMILES string of the molecule is COc1cc(Cn2cc(C(=O)O)cn2)cc([N+](=O)[O-])c1. The normalized spacial score (nSPS) is 10.2. The largest absolute Gasteiger partial charge is 0.496 e. The fourth-order valence-corrected chi connectivity index (χ4v) is 1.71. The van der Waals surface area contributed by atoms with Gasteiger partial charge in [0.15, 0.2) is 0 Å². The van der Waals surface area contributed by atoms with Crippen molar-refractivity contribution in [1.82, 2.24) is 9.78 Å². The average molecular weight is 277 g/mol. The molecule has 0 saturated carbocycles. The molecule has 104 valence electrons. The first-order valence-corrected chi connectivity index (χ1v) is 5.57. The van der Waals surface area contributed by atoms with Crippen molar-refractivity contribution in [2.24, 2.45) is 0 Å². The molecule has 8 nitrogen and oxygen atoms in total. The van der Waals surface area contributed by atoms with Crippen LogP contribution < -0.4 is 4.74 Å². The number of nitro benzene ring substituents is 1. The number of nitro groups is 1. The molecule has 0 amide bonds. The fraction of sp³-hybridized carbons (Fsp3) is 0.167. The highest BCUT2D eigenvalue weighted by molar-refractivity contribution is 5.86. The third-order valence-corrected chi connectivity index (χ3v) is 2.62. The number of carbonyl (C=O) groups is 1. The highest BCUT2D eigenvalue weighted by Gasteiger charge is 2.12. The van der Waals surface area contributed by atoms with Gasteiger partial charge in [-0.05, 0) is 11.6 Å². The number of rotatable bonds is 5. The molecular formula is C12H11N3O5. The van der Waals surface area contributed by atoms with E-state index in [0.717, 1.165) is 0 Å². The van der Waals surface area contributed by atoms with Crippen LogP contribution in [0.4, 0.5) is 5.69 Å². The molecule has 0 aliphatic carbocycles. The fourth-order valence-electron chi connectivity index (χ4n) is 1.71. The van der Waals surface area contributed by atoms with Gasteiger partial charge in [0.2, 0.25) is 0 Å². The van der Waals surface area contributed by atoms with Gasteiger partial charge in [0.25, 0.3) is 5.69 Å². The van der Waals surface area contributed by atoms with E-state index in [2.05, 4.69) is 5.10 Å². The highest BCUT2D eigenvalue weighted by atomic mass is 16.6. The quantitative estimate of drug-likeness (QED) is 0.656. The number of hydrogen-bond acceptors (Lipinski definition) is 5. The van der Waals surface area contributed by atoms with Gasteiger partial charge in [-0.15, -0.1) is 0 Å². The van der Waals surface area contributed by atoms with Gasteiger partial charge < -0.3 is 9.84 Å². The molecule has 0 aliphatic rings. The zero-order valence-electron chi connectivity index (χ0n) is 10.5. The smallest absolute Gasteiger partial charge is 0.338 e. The van der Waals surface area contributed by atoms with Crippen LogP contribution in [0.5, 0.6) is 5.75 Å². The Morgan fingerprint density at radius 3 is 2.80 bits per heavy atom. The summed E-state index contributed by atoms with van der Waals surface area (Å²) in [5.74, 6) is -0.715. The number of carboxylic acids is 1. The van der Waals surface area contributed by atoms with Crippen molar-refractivity contribution in [3.63, 3.8) is 0 Å². The molecular weight excluding hydrogens is 266 g/mol. The molecule has 8 heteroatoms. The number of hydrogen-bond donors (Lipinski definition) is 1. The summed E-state index contributed by atoms with van der Waals surface area (Å²) in [6, 6.07) is 4.34. The van der Waals surface area contributed by atoms with Gasteiger partial charge in [0.1, 0.15) is 5.75 Å². The van der Waals surface area contributed by atoms with Gasteiger partial charge in [0.05, 0.1) is 36.4 Å². The van der Waals surface area contributed by atoms with Crippen LogP contribution in [-0.2, 0) is 6.54 Å². The van der Waals surface area contributed by atoms with Crippen LogP contribution in [0.15, 0.2) is 30.6 Å². The van der Waals surface area contributed by atoms with Crippen molar-refractivity contribution < 1.29 is 19.6 Å². The Morgan fingerprint density at radius 1 is 1.50 bits per heavy atom. The van der Waals surface area contributed by atoms with E-state index in [-0.39, 0.29) is 17.8 Å². The summed E-state index contributed by atoms with van der Waals surface area (Å²) >= 11 is 0. The first-order valence-electron chi connectivity index (χ1n) is 5.57. The topological polar surface area (TPSA) is 107 Å². The summed E-state index contributed by atoms with van der Waals surface area (Å²) in [7, 11) is 1.42. The lowest BCUT2D eigenvalue weighted by Gasteiger charge is -2.05. The zero-order valence-corrected chi connectivity index (χ0v) is 10.5. The van der Waals surface area contributed by atoms with Gasteiger partial charge >= 0.3 is 5.97 Å². The minimum atomic E-state index is -1.08. The van der Waals surface area contributed by atoms with E-state index in [1.165, 1.54) is 36.3 Å². The lowest BCUT2D eigenvalue weighted by Crippen LogP contribution is -2.02. The summed E-state index contributed by atoms with van der Waals surface area (Å²) in [5, 5.41) is 23.5. The Hall–Kier alpha value is -2.90. The van der Waals surface area contributed by atoms with Crippen LogP contribution in [0.2, 0.25) is 0 Å². The number of ether oxygens (including phenoxy) is 1. The molecule has 0 atom stereocenters. The maximum absolute atomic E-state index is 10.8. The monoisotopic (exact) mass is 277 g/mol. The maximum atomic E-state index is 10.8. The first kappa shape index (κ1) is 13.5. The zero-order chi connectivity index (χ0) is 14.7. The van der Waals surface area contributed by atoms with Crippen molar-refractivity contribution >= 4 is 11.7 Å². The van der Waals surface area contributed by atoms with E-state index in [9.17, 15) is 14.9 Å². The predicted octanol–water partition coefficient (Wildman–Crippen LogP) is 1.55. The Balaban J connectivity index is 2.29. The Kier molecular flexibility index (Phi) is 3.65. The summed E-state index contributed by atoms with van der Waals surface area (Å²) in [6.07, 6.45) is 2.57. The molecule has 0 unspecified atom stereocenters. The molecule has 1 heterocycles.